The first-order chi connectivity index (χ1) is 13.2. The Morgan fingerprint density at radius 1 is 1.15 bits per heavy atom. The van der Waals surface area contributed by atoms with E-state index in [1.54, 1.807) is 29.2 Å². The topological polar surface area (TPSA) is 61.1 Å². The number of amides is 1. The Bertz CT molecular complexity index is 751. The molecule has 1 amide bonds. The van der Waals surface area contributed by atoms with Crippen LogP contribution in [0.4, 0.5) is 4.39 Å². The minimum atomic E-state index is -0.224. The van der Waals surface area contributed by atoms with E-state index in [1.807, 2.05) is 6.92 Å². The molecule has 0 aliphatic carbocycles. The lowest BCUT2D eigenvalue weighted by Crippen LogP contribution is -2.53. The van der Waals surface area contributed by atoms with Crippen LogP contribution in [-0.4, -0.2) is 60.9 Å². The molecule has 0 radical (unpaired) electrons. The molecule has 6 nitrogen and oxygen atoms in total. The van der Waals surface area contributed by atoms with Crippen molar-refractivity contribution in [1.82, 2.24) is 15.1 Å². The Labute approximate surface area is 158 Å². The Hall–Kier alpha value is -2.83. The molecule has 1 aromatic heterocycles. The second-order valence-electron chi connectivity index (χ2n) is 6.37. The molecule has 0 unspecified atom stereocenters. The molecule has 2 aromatic rings. The summed E-state index contributed by atoms with van der Waals surface area (Å²) in [4.78, 5) is 21.0. The summed E-state index contributed by atoms with van der Waals surface area (Å²) in [5, 5.41) is 3.31. The van der Waals surface area contributed by atoms with Crippen LogP contribution in [0.2, 0.25) is 0 Å². The van der Waals surface area contributed by atoms with E-state index in [9.17, 15) is 9.18 Å². The number of guanidine groups is 1. The molecule has 0 saturated carbocycles. The fraction of sp³-hybridized carbons (Fsp3) is 0.400. The number of piperazine rings is 1. The lowest BCUT2D eigenvalue weighted by Gasteiger charge is -2.36. The van der Waals surface area contributed by atoms with Gasteiger partial charge in [0.25, 0.3) is 5.91 Å². The fourth-order valence-corrected chi connectivity index (χ4v) is 3.05. The summed E-state index contributed by atoms with van der Waals surface area (Å²) in [6.07, 6.45) is 2.27. The molecule has 0 bridgehead atoms. The third-order valence-electron chi connectivity index (χ3n) is 4.51. The Morgan fingerprint density at radius 3 is 2.48 bits per heavy atom. The average molecular weight is 372 g/mol. The third kappa shape index (κ3) is 5.09. The van der Waals surface area contributed by atoms with E-state index in [4.69, 9.17) is 9.41 Å². The van der Waals surface area contributed by atoms with Gasteiger partial charge >= 0.3 is 0 Å². The van der Waals surface area contributed by atoms with Crippen molar-refractivity contribution in [3.8, 4) is 0 Å². The zero-order valence-electron chi connectivity index (χ0n) is 15.5. The predicted octanol–water partition coefficient (Wildman–Crippen LogP) is 2.38. The van der Waals surface area contributed by atoms with E-state index in [0.29, 0.717) is 25.4 Å². The lowest BCUT2D eigenvalue weighted by molar-refractivity contribution is 0.0657. The number of carbonyl (C=O) groups excluding carboxylic acids is 1. The number of hydrogen-bond donors (Lipinski definition) is 1. The number of halogens is 1. The van der Waals surface area contributed by atoms with E-state index < -0.39 is 0 Å². The van der Waals surface area contributed by atoms with Crippen LogP contribution in [0.5, 0.6) is 0 Å². The van der Waals surface area contributed by atoms with Crippen molar-refractivity contribution in [1.29, 1.82) is 0 Å². The Morgan fingerprint density at radius 2 is 1.85 bits per heavy atom. The molecular weight excluding hydrogens is 347 g/mol. The molecule has 7 heteroatoms. The van der Waals surface area contributed by atoms with Gasteiger partial charge in [0.05, 0.1) is 6.26 Å². The van der Waals surface area contributed by atoms with Gasteiger partial charge in [-0.1, -0.05) is 12.1 Å². The van der Waals surface area contributed by atoms with Crippen molar-refractivity contribution in [2.75, 3.05) is 39.3 Å². The lowest BCUT2D eigenvalue weighted by atomic mass is 10.1. The summed E-state index contributed by atoms with van der Waals surface area (Å²) in [6, 6.07) is 9.93. The predicted molar refractivity (Wildman–Crippen MR) is 102 cm³/mol. The van der Waals surface area contributed by atoms with Gasteiger partial charge in [-0.15, -0.1) is 0 Å². The molecule has 2 heterocycles. The highest BCUT2D eigenvalue weighted by molar-refractivity contribution is 5.91. The van der Waals surface area contributed by atoms with Gasteiger partial charge in [0.1, 0.15) is 5.82 Å². The molecule has 27 heavy (non-hydrogen) atoms. The highest BCUT2D eigenvalue weighted by Crippen LogP contribution is 2.10. The highest BCUT2D eigenvalue weighted by atomic mass is 19.1. The Balaban J connectivity index is 1.54. The molecule has 1 aromatic carbocycles. The van der Waals surface area contributed by atoms with Crippen molar-refractivity contribution < 1.29 is 13.6 Å². The van der Waals surface area contributed by atoms with Crippen LogP contribution >= 0.6 is 0 Å². The van der Waals surface area contributed by atoms with Crippen LogP contribution in [0, 0.1) is 5.82 Å². The first-order valence-electron chi connectivity index (χ1n) is 9.28. The molecule has 144 valence electrons. The quantitative estimate of drug-likeness (QED) is 0.647. The standard InChI is InChI=1S/C20H25FN4O2/c1-2-22-20(23-10-9-16-5-7-17(21)8-6-16)25-13-11-24(12-14-25)19(26)18-4-3-15-27-18/h3-8,15H,2,9-14H2,1H3,(H,22,23). The van der Waals surface area contributed by atoms with Gasteiger partial charge in [-0.2, -0.15) is 0 Å². The van der Waals surface area contributed by atoms with E-state index >= 15 is 0 Å². The van der Waals surface area contributed by atoms with Crippen molar-refractivity contribution in [3.05, 3.63) is 59.8 Å². The molecule has 1 saturated heterocycles. The van der Waals surface area contributed by atoms with Gasteiger partial charge in [-0.05, 0) is 43.2 Å². The number of rotatable bonds is 5. The number of nitrogens with zero attached hydrogens (tertiary/aromatic N) is 3. The molecule has 0 atom stereocenters. The number of hydrogen-bond acceptors (Lipinski definition) is 3. The van der Waals surface area contributed by atoms with Gasteiger partial charge in [0.2, 0.25) is 0 Å². The zero-order valence-corrected chi connectivity index (χ0v) is 15.5. The second kappa shape index (κ2) is 9.21. The maximum absolute atomic E-state index is 13.0. The van der Waals surface area contributed by atoms with Gasteiger partial charge < -0.3 is 19.5 Å². The molecular formula is C20H25FN4O2. The van der Waals surface area contributed by atoms with E-state index in [-0.39, 0.29) is 11.7 Å². The highest BCUT2D eigenvalue weighted by Gasteiger charge is 2.25. The SMILES string of the molecule is CCNC(=NCCc1ccc(F)cc1)N1CCN(C(=O)c2ccco2)CC1. The number of carbonyl (C=O) groups is 1. The molecule has 1 fully saturated rings. The van der Waals surface area contributed by atoms with E-state index in [0.717, 1.165) is 37.6 Å². The number of nitrogens with one attached hydrogen (secondary N) is 1. The van der Waals surface area contributed by atoms with Crippen LogP contribution in [0.25, 0.3) is 0 Å². The summed E-state index contributed by atoms with van der Waals surface area (Å²) in [6.45, 7) is 6.13. The minimum Gasteiger partial charge on any atom is -0.459 e. The van der Waals surface area contributed by atoms with Crippen LogP contribution in [0.3, 0.4) is 0 Å². The summed E-state index contributed by atoms with van der Waals surface area (Å²) < 4.78 is 18.2. The molecule has 3 rings (SSSR count). The van der Waals surface area contributed by atoms with Crippen molar-refractivity contribution in [2.45, 2.75) is 13.3 Å². The number of furan rings is 1. The normalized spacial score (nSPS) is 15.1. The molecule has 0 spiro atoms. The summed E-state index contributed by atoms with van der Waals surface area (Å²) in [5.74, 6) is 0.934. The smallest absolute Gasteiger partial charge is 0.289 e. The fourth-order valence-electron chi connectivity index (χ4n) is 3.05. The monoisotopic (exact) mass is 372 g/mol. The van der Waals surface area contributed by atoms with E-state index in [2.05, 4.69) is 10.2 Å². The Kier molecular flexibility index (Phi) is 6.46. The van der Waals surface area contributed by atoms with Crippen LogP contribution in [-0.2, 0) is 6.42 Å². The zero-order chi connectivity index (χ0) is 19.1. The largest absolute Gasteiger partial charge is 0.459 e. The van der Waals surface area contributed by atoms with Crippen molar-refractivity contribution in [2.24, 2.45) is 4.99 Å². The van der Waals surface area contributed by atoms with Crippen molar-refractivity contribution in [3.63, 3.8) is 0 Å². The van der Waals surface area contributed by atoms with Gasteiger partial charge in [0, 0.05) is 39.3 Å². The average Bonchev–Trinajstić information content (AvgIpc) is 3.23. The molecule has 1 aliphatic heterocycles. The van der Waals surface area contributed by atoms with Crippen LogP contribution in [0.15, 0.2) is 52.1 Å². The summed E-state index contributed by atoms with van der Waals surface area (Å²) in [7, 11) is 0. The third-order valence-corrected chi connectivity index (χ3v) is 4.51. The van der Waals surface area contributed by atoms with Crippen LogP contribution in [0.1, 0.15) is 23.0 Å². The summed E-state index contributed by atoms with van der Waals surface area (Å²) in [5.41, 5.74) is 1.06. The first-order valence-corrected chi connectivity index (χ1v) is 9.28. The van der Waals surface area contributed by atoms with Gasteiger partial charge in [-0.25, -0.2) is 4.39 Å². The second-order valence-corrected chi connectivity index (χ2v) is 6.37. The maximum atomic E-state index is 13.0. The maximum Gasteiger partial charge on any atom is 0.289 e. The molecule has 1 aliphatic rings. The summed E-state index contributed by atoms with van der Waals surface area (Å²) >= 11 is 0. The van der Waals surface area contributed by atoms with Crippen LogP contribution < -0.4 is 5.32 Å². The van der Waals surface area contributed by atoms with E-state index in [1.165, 1.54) is 18.4 Å². The van der Waals surface area contributed by atoms with Gasteiger partial charge in [-0.3, -0.25) is 9.79 Å². The first kappa shape index (κ1) is 18.9. The van der Waals surface area contributed by atoms with Gasteiger partial charge in [0.15, 0.2) is 11.7 Å². The number of benzene rings is 1. The number of aliphatic imine (C=N–C) groups is 1. The van der Waals surface area contributed by atoms with Crippen molar-refractivity contribution >= 4 is 11.9 Å². The molecule has 1 N–H and O–H groups in total. The minimum absolute atomic E-state index is 0.0714.